The van der Waals surface area contributed by atoms with Crippen LogP contribution in [0.15, 0.2) is 152 Å². The molecule has 0 spiro atoms. The summed E-state index contributed by atoms with van der Waals surface area (Å²) in [6.07, 6.45) is 12.5. The molecule has 4 aromatic carbocycles. The summed E-state index contributed by atoms with van der Waals surface area (Å²) in [4.78, 5) is 4.26. The lowest BCUT2D eigenvalue weighted by Crippen LogP contribution is -2.61. The number of rotatable bonds is 9. The van der Waals surface area contributed by atoms with Gasteiger partial charge in [-0.2, -0.15) is 0 Å². The van der Waals surface area contributed by atoms with Crippen LogP contribution in [-0.4, -0.2) is 24.3 Å². The van der Waals surface area contributed by atoms with Crippen LogP contribution in [0.4, 0.5) is 0 Å². The first-order chi connectivity index (χ1) is 18.7. The number of allylic oxidation sites excluding steroid dienone is 2. The number of aromatic nitrogens is 2. The van der Waals surface area contributed by atoms with Gasteiger partial charge in [-0.3, -0.25) is 0 Å². The first kappa shape index (κ1) is 27.2. The van der Waals surface area contributed by atoms with Crippen molar-refractivity contribution in [2.45, 2.75) is 32.4 Å². The van der Waals surface area contributed by atoms with Crippen LogP contribution < -0.4 is 21.3 Å². The number of hydrogen-bond acceptors (Lipinski definition) is 1. The molecule has 0 unspecified atom stereocenters. The van der Waals surface area contributed by atoms with Crippen molar-refractivity contribution >= 4 is 36.1 Å². The van der Waals surface area contributed by atoms with Gasteiger partial charge in [-0.05, 0) is 19.4 Å². The smallest absolute Gasteiger partial charge is 0.206 e. The van der Waals surface area contributed by atoms with Crippen molar-refractivity contribution in [2.75, 3.05) is 0 Å². The lowest BCUT2D eigenvalue weighted by molar-refractivity contribution is 0.848. The summed E-state index contributed by atoms with van der Waals surface area (Å²) in [6.45, 7) is 4.83. The van der Waals surface area contributed by atoms with Crippen molar-refractivity contribution in [3.05, 3.63) is 152 Å². The number of imidazole rings is 1. The highest BCUT2D eigenvalue weighted by molar-refractivity contribution is 7.01. The average Bonchev–Trinajstić information content (AvgIpc) is 3.51. The highest BCUT2D eigenvalue weighted by atomic mass is 28.3. The largest absolute Gasteiger partial charge is 0.340 e. The molecule has 0 amide bonds. The van der Waals surface area contributed by atoms with Crippen molar-refractivity contribution in [1.82, 2.24) is 9.55 Å². The van der Waals surface area contributed by atoms with E-state index in [0.29, 0.717) is 6.71 Å². The summed E-state index contributed by atoms with van der Waals surface area (Å²) in [6, 6.07) is 44.5. The van der Waals surface area contributed by atoms with Crippen molar-refractivity contribution < 1.29 is 0 Å². The Kier molecular flexibility index (Phi) is 10.1. The van der Waals surface area contributed by atoms with E-state index in [0.717, 1.165) is 12.6 Å². The lowest BCUT2D eigenvalue weighted by atomic mass is 9.43. The molecule has 0 saturated carbocycles. The molecule has 0 radical (unpaired) electrons. The molecule has 0 saturated heterocycles. The SMILES string of the molecule is CB(c1ccccc1)c1ccccc1.CC=CCC[Si](Cn1ccnc1)(c1ccccc1)c1ccccc1. The fourth-order valence-electron chi connectivity index (χ4n) is 5.10. The predicted molar refractivity (Wildman–Crippen MR) is 168 cm³/mol. The standard InChI is InChI=1S/C21H24N2Si.C13H13B/c1-2-3-10-17-24(19-23-16-15-22-18-23,20-11-6-4-7-12-20)21-13-8-5-9-14-21;1-14(12-8-4-2-5-9-12)13-10-6-3-7-11-13/h2-9,11-16,18H,10,17,19H2,1H3;2-11H,1H3. The van der Waals surface area contributed by atoms with Crippen LogP contribution >= 0.6 is 0 Å². The van der Waals surface area contributed by atoms with Crippen molar-refractivity contribution in [3.63, 3.8) is 0 Å². The van der Waals surface area contributed by atoms with Crippen molar-refractivity contribution in [1.29, 1.82) is 0 Å². The Morgan fingerprint density at radius 2 is 1.18 bits per heavy atom. The van der Waals surface area contributed by atoms with E-state index in [2.05, 4.69) is 163 Å². The summed E-state index contributed by atoms with van der Waals surface area (Å²) in [5.41, 5.74) is 2.75. The zero-order valence-electron chi connectivity index (χ0n) is 22.5. The van der Waals surface area contributed by atoms with E-state index < -0.39 is 8.07 Å². The molecule has 0 aliphatic rings. The number of nitrogens with zero attached hydrogens (tertiary/aromatic N) is 2. The topological polar surface area (TPSA) is 17.8 Å². The monoisotopic (exact) mass is 512 g/mol. The van der Waals surface area contributed by atoms with Gasteiger partial charge in [0.05, 0.1) is 6.33 Å². The second kappa shape index (κ2) is 14.2. The van der Waals surface area contributed by atoms with Crippen LogP contribution in [0.3, 0.4) is 0 Å². The second-order valence-electron chi connectivity index (χ2n) is 9.70. The van der Waals surface area contributed by atoms with Gasteiger partial charge in [0.1, 0.15) is 8.07 Å². The number of hydrogen-bond donors (Lipinski definition) is 0. The molecule has 0 fully saturated rings. The van der Waals surface area contributed by atoms with Crippen LogP contribution in [-0.2, 0) is 6.17 Å². The van der Waals surface area contributed by atoms with Crippen LogP contribution in [0.5, 0.6) is 0 Å². The lowest BCUT2D eigenvalue weighted by Gasteiger charge is -2.33. The molecular formula is C34H37BN2Si. The molecule has 0 bridgehead atoms. The maximum absolute atomic E-state index is 4.26. The molecule has 2 nitrogen and oxygen atoms in total. The maximum atomic E-state index is 4.26. The van der Waals surface area contributed by atoms with Crippen LogP contribution in [0, 0.1) is 0 Å². The highest BCUT2D eigenvalue weighted by Gasteiger charge is 2.36. The van der Waals surface area contributed by atoms with Gasteiger partial charge >= 0.3 is 0 Å². The van der Waals surface area contributed by atoms with Gasteiger partial charge in [-0.1, -0.05) is 162 Å². The quantitative estimate of drug-likeness (QED) is 0.186. The molecule has 0 atom stereocenters. The third-order valence-electron chi connectivity index (χ3n) is 7.24. The van der Waals surface area contributed by atoms with Crippen molar-refractivity contribution in [2.24, 2.45) is 0 Å². The fourth-order valence-corrected chi connectivity index (χ4v) is 9.66. The van der Waals surface area contributed by atoms with Gasteiger partial charge in [0.15, 0.2) is 0 Å². The van der Waals surface area contributed by atoms with E-state index in [4.69, 9.17) is 0 Å². The third-order valence-corrected chi connectivity index (χ3v) is 12.2. The summed E-state index contributed by atoms with van der Waals surface area (Å²) < 4.78 is 2.25. The molecule has 1 heterocycles. The van der Waals surface area contributed by atoms with E-state index in [9.17, 15) is 0 Å². The van der Waals surface area contributed by atoms with E-state index in [1.165, 1.54) is 27.3 Å². The first-order valence-electron chi connectivity index (χ1n) is 13.5. The molecule has 190 valence electrons. The van der Waals surface area contributed by atoms with Crippen LogP contribution in [0.2, 0.25) is 12.9 Å². The minimum Gasteiger partial charge on any atom is -0.340 e. The molecule has 38 heavy (non-hydrogen) atoms. The van der Waals surface area contributed by atoms with Crippen molar-refractivity contribution in [3.8, 4) is 0 Å². The van der Waals surface area contributed by atoms with Gasteiger partial charge in [0.25, 0.3) is 0 Å². The highest BCUT2D eigenvalue weighted by Crippen LogP contribution is 2.17. The van der Waals surface area contributed by atoms with E-state index in [1.54, 1.807) is 0 Å². The minimum absolute atomic E-state index is 0.484. The Labute approximate surface area is 229 Å². The molecule has 5 rings (SSSR count). The third kappa shape index (κ3) is 7.11. The predicted octanol–water partition coefficient (Wildman–Crippen LogP) is 5.58. The Balaban J connectivity index is 0.000000204. The Hall–Kier alpha value is -3.89. The zero-order valence-corrected chi connectivity index (χ0v) is 23.5. The number of benzene rings is 4. The molecular weight excluding hydrogens is 475 g/mol. The zero-order chi connectivity index (χ0) is 26.5. The Bertz CT molecular complexity index is 1260. The minimum atomic E-state index is -1.92. The van der Waals surface area contributed by atoms with Gasteiger partial charge in [0.2, 0.25) is 6.71 Å². The van der Waals surface area contributed by atoms with Crippen LogP contribution in [0.1, 0.15) is 13.3 Å². The Morgan fingerprint density at radius 3 is 1.61 bits per heavy atom. The molecule has 1 aromatic heterocycles. The first-order valence-corrected chi connectivity index (χ1v) is 15.9. The summed E-state index contributed by atoms with van der Waals surface area (Å²) >= 11 is 0. The molecule has 0 N–H and O–H groups in total. The summed E-state index contributed by atoms with van der Waals surface area (Å²) in [5.74, 6) is 0. The molecule has 4 heteroatoms. The van der Waals surface area contributed by atoms with E-state index in [-0.39, 0.29) is 0 Å². The van der Waals surface area contributed by atoms with E-state index >= 15 is 0 Å². The van der Waals surface area contributed by atoms with Gasteiger partial charge in [-0.15, -0.1) is 0 Å². The normalized spacial score (nSPS) is 11.1. The second-order valence-corrected chi connectivity index (χ2v) is 13.8. The van der Waals surface area contributed by atoms with Gasteiger partial charge < -0.3 is 4.57 Å². The molecule has 5 aromatic rings. The van der Waals surface area contributed by atoms with Crippen LogP contribution in [0.25, 0.3) is 0 Å². The summed E-state index contributed by atoms with van der Waals surface area (Å²) in [7, 11) is -1.92. The fraction of sp³-hybridized carbons (Fsp3) is 0.147. The van der Waals surface area contributed by atoms with E-state index in [1.807, 2.05) is 12.5 Å². The molecule has 0 aliphatic carbocycles. The maximum Gasteiger partial charge on any atom is 0.206 e. The average molecular weight is 513 g/mol. The Morgan fingerprint density at radius 1 is 0.711 bits per heavy atom. The van der Waals surface area contributed by atoms with Gasteiger partial charge in [0, 0.05) is 18.6 Å². The summed E-state index contributed by atoms with van der Waals surface area (Å²) in [5, 5.41) is 2.99. The van der Waals surface area contributed by atoms with Gasteiger partial charge in [-0.25, -0.2) is 4.98 Å². The molecule has 0 aliphatic heterocycles.